The van der Waals surface area contributed by atoms with Crippen molar-refractivity contribution in [2.24, 2.45) is 14.1 Å². The van der Waals surface area contributed by atoms with Gasteiger partial charge in [-0.3, -0.25) is 14.2 Å². The number of rotatable bonds is 5. The number of aromatic nitrogens is 2. The molecule has 1 amide bonds. The van der Waals surface area contributed by atoms with Crippen molar-refractivity contribution < 1.29 is 9.21 Å². The molecule has 2 aromatic heterocycles. The fraction of sp³-hybridized carbons (Fsp3) is 0.389. The van der Waals surface area contributed by atoms with Crippen molar-refractivity contribution in [3.05, 3.63) is 62.3 Å². The number of hydrogen-bond acceptors (Lipinski definition) is 4. The maximum atomic E-state index is 12.5. The van der Waals surface area contributed by atoms with E-state index >= 15 is 0 Å². The number of hydrogen-bond donors (Lipinski definition) is 0. The molecule has 0 aliphatic rings. The van der Waals surface area contributed by atoms with Gasteiger partial charge < -0.3 is 13.9 Å². The Morgan fingerprint density at radius 1 is 1.28 bits per heavy atom. The first kappa shape index (κ1) is 18.5. The molecule has 7 heteroatoms. The molecule has 0 aliphatic carbocycles. The van der Waals surface area contributed by atoms with Crippen LogP contribution in [0.5, 0.6) is 0 Å². The lowest BCUT2D eigenvalue weighted by Crippen LogP contribution is -2.38. The molecular formula is C18H23N3O4. The van der Waals surface area contributed by atoms with Crippen molar-refractivity contribution in [3.8, 4) is 0 Å². The van der Waals surface area contributed by atoms with Crippen LogP contribution >= 0.6 is 0 Å². The Kier molecular flexibility index (Phi) is 5.46. The summed E-state index contributed by atoms with van der Waals surface area (Å²) in [5.74, 6) is 1.25. The van der Waals surface area contributed by atoms with Gasteiger partial charge in [0.1, 0.15) is 11.5 Å². The molecule has 0 aromatic carbocycles. The predicted molar refractivity (Wildman–Crippen MR) is 95.1 cm³/mol. The van der Waals surface area contributed by atoms with Gasteiger partial charge in [-0.25, -0.2) is 4.79 Å². The van der Waals surface area contributed by atoms with E-state index in [1.54, 1.807) is 11.9 Å². The van der Waals surface area contributed by atoms with E-state index in [0.717, 1.165) is 10.3 Å². The molecular weight excluding hydrogens is 322 g/mol. The Morgan fingerprint density at radius 2 is 1.96 bits per heavy atom. The summed E-state index contributed by atoms with van der Waals surface area (Å²) in [7, 11) is 2.96. The Hall–Kier alpha value is -2.83. The minimum atomic E-state index is -0.440. The number of amides is 1. The van der Waals surface area contributed by atoms with Crippen LogP contribution in [-0.4, -0.2) is 26.0 Å². The van der Waals surface area contributed by atoms with E-state index in [9.17, 15) is 14.4 Å². The van der Waals surface area contributed by atoms with Crippen LogP contribution in [0.3, 0.4) is 0 Å². The first-order chi connectivity index (χ1) is 11.7. The molecule has 0 unspecified atom stereocenters. The summed E-state index contributed by atoms with van der Waals surface area (Å²) in [4.78, 5) is 38.0. The summed E-state index contributed by atoms with van der Waals surface area (Å²) in [6.07, 6.45) is 4.20. The third-order valence-corrected chi connectivity index (χ3v) is 3.91. The van der Waals surface area contributed by atoms with Crippen molar-refractivity contribution in [2.75, 3.05) is 0 Å². The molecule has 0 fully saturated rings. The Morgan fingerprint density at radius 3 is 2.52 bits per heavy atom. The molecule has 0 saturated heterocycles. The SMILES string of the molecule is Cc1ccc(CN(C(=O)C=Cc2cn(C)c(=O)n(C)c2=O)C(C)C)o1. The highest BCUT2D eigenvalue weighted by Crippen LogP contribution is 2.12. The average Bonchev–Trinajstić information content (AvgIpc) is 2.97. The van der Waals surface area contributed by atoms with Gasteiger partial charge in [-0.1, -0.05) is 0 Å². The number of carbonyl (C=O) groups excluding carboxylic acids is 1. The molecule has 134 valence electrons. The Bertz CT molecular complexity index is 915. The summed E-state index contributed by atoms with van der Waals surface area (Å²) in [6.45, 7) is 6.01. The molecule has 2 aromatic rings. The highest BCUT2D eigenvalue weighted by atomic mass is 16.3. The lowest BCUT2D eigenvalue weighted by Gasteiger charge is -2.24. The van der Waals surface area contributed by atoms with Crippen LogP contribution < -0.4 is 11.2 Å². The van der Waals surface area contributed by atoms with E-state index in [1.807, 2.05) is 32.9 Å². The molecule has 0 atom stereocenters. The third-order valence-electron chi connectivity index (χ3n) is 3.91. The van der Waals surface area contributed by atoms with Crippen LogP contribution in [0.25, 0.3) is 6.08 Å². The number of aryl methyl sites for hydroxylation is 2. The molecule has 0 radical (unpaired) electrons. The third kappa shape index (κ3) is 4.17. The van der Waals surface area contributed by atoms with Crippen LogP contribution in [0, 0.1) is 6.92 Å². The van der Waals surface area contributed by atoms with Crippen LogP contribution in [0.1, 0.15) is 30.9 Å². The first-order valence-electron chi connectivity index (χ1n) is 8.01. The predicted octanol–water partition coefficient (Wildman–Crippen LogP) is 1.44. The molecule has 25 heavy (non-hydrogen) atoms. The summed E-state index contributed by atoms with van der Waals surface area (Å²) >= 11 is 0. The van der Waals surface area contributed by atoms with E-state index in [-0.39, 0.29) is 17.5 Å². The first-order valence-corrected chi connectivity index (χ1v) is 8.01. The maximum absolute atomic E-state index is 12.5. The highest BCUT2D eigenvalue weighted by molar-refractivity contribution is 5.91. The molecule has 0 N–H and O–H groups in total. The van der Waals surface area contributed by atoms with Gasteiger partial charge in [0, 0.05) is 32.4 Å². The second kappa shape index (κ2) is 7.38. The summed E-state index contributed by atoms with van der Waals surface area (Å²) in [6, 6.07) is 3.65. The molecule has 0 bridgehead atoms. The number of carbonyl (C=O) groups is 1. The maximum Gasteiger partial charge on any atom is 0.330 e. The zero-order valence-corrected chi connectivity index (χ0v) is 15.1. The minimum Gasteiger partial charge on any atom is -0.464 e. The second-order valence-electron chi connectivity index (χ2n) is 6.25. The molecule has 0 spiro atoms. The van der Waals surface area contributed by atoms with E-state index in [2.05, 4.69) is 0 Å². The molecule has 2 rings (SSSR count). The second-order valence-corrected chi connectivity index (χ2v) is 6.25. The van der Waals surface area contributed by atoms with E-state index in [1.165, 1.54) is 30.0 Å². The number of nitrogens with zero attached hydrogens (tertiary/aromatic N) is 3. The van der Waals surface area contributed by atoms with E-state index in [4.69, 9.17) is 4.42 Å². The molecule has 0 saturated carbocycles. The molecule has 7 nitrogen and oxygen atoms in total. The molecule has 2 heterocycles. The zero-order chi connectivity index (χ0) is 18.7. The topological polar surface area (TPSA) is 77.5 Å². The highest BCUT2D eigenvalue weighted by Gasteiger charge is 2.17. The van der Waals surface area contributed by atoms with Gasteiger partial charge in [0.15, 0.2) is 0 Å². The minimum absolute atomic E-state index is 0.0366. The van der Waals surface area contributed by atoms with Crippen LogP contribution in [-0.2, 0) is 25.4 Å². The van der Waals surface area contributed by atoms with Crippen molar-refractivity contribution in [2.45, 2.75) is 33.4 Å². The number of furan rings is 1. The van der Waals surface area contributed by atoms with Crippen molar-refractivity contribution in [3.63, 3.8) is 0 Å². The fourth-order valence-electron chi connectivity index (χ4n) is 2.46. The monoisotopic (exact) mass is 345 g/mol. The van der Waals surface area contributed by atoms with Gasteiger partial charge in [-0.15, -0.1) is 0 Å². The zero-order valence-electron chi connectivity index (χ0n) is 15.1. The van der Waals surface area contributed by atoms with Crippen molar-refractivity contribution in [1.82, 2.24) is 14.0 Å². The van der Waals surface area contributed by atoms with Crippen LogP contribution in [0.2, 0.25) is 0 Å². The van der Waals surface area contributed by atoms with Crippen LogP contribution in [0.4, 0.5) is 0 Å². The Balaban J connectivity index is 2.25. The Labute approximate surface area is 145 Å². The smallest absolute Gasteiger partial charge is 0.330 e. The summed E-state index contributed by atoms with van der Waals surface area (Å²) < 4.78 is 7.84. The van der Waals surface area contributed by atoms with Gasteiger partial charge in [0.05, 0.1) is 12.1 Å². The van der Waals surface area contributed by atoms with Gasteiger partial charge in [0.25, 0.3) is 5.56 Å². The average molecular weight is 345 g/mol. The van der Waals surface area contributed by atoms with Gasteiger partial charge >= 0.3 is 5.69 Å². The van der Waals surface area contributed by atoms with E-state index in [0.29, 0.717) is 12.3 Å². The van der Waals surface area contributed by atoms with Crippen molar-refractivity contribution >= 4 is 12.0 Å². The fourth-order valence-corrected chi connectivity index (χ4v) is 2.46. The summed E-state index contributed by atoms with van der Waals surface area (Å²) in [5.41, 5.74) is -0.578. The molecule has 0 aliphatic heterocycles. The van der Waals surface area contributed by atoms with Crippen LogP contribution in [0.15, 0.2) is 38.4 Å². The lowest BCUT2D eigenvalue weighted by atomic mass is 10.2. The van der Waals surface area contributed by atoms with Gasteiger partial charge in [-0.2, -0.15) is 0 Å². The largest absolute Gasteiger partial charge is 0.464 e. The quantitative estimate of drug-likeness (QED) is 0.768. The summed E-state index contributed by atoms with van der Waals surface area (Å²) in [5, 5.41) is 0. The van der Waals surface area contributed by atoms with Crippen molar-refractivity contribution in [1.29, 1.82) is 0 Å². The normalized spacial score (nSPS) is 11.4. The lowest BCUT2D eigenvalue weighted by molar-refractivity contribution is -0.128. The van der Waals surface area contributed by atoms with Gasteiger partial charge in [0.2, 0.25) is 5.91 Å². The standard InChI is InChI=1S/C18H23N3O4/c1-12(2)21(11-15-8-6-13(3)25-15)16(22)9-7-14-10-19(4)18(24)20(5)17(14)23/h6-10,12H,11H2,1-5H3. The van der Waals surface area contributed by atoms with Gasteiger partial charge in [-0.05, 0) is 39.0 Å². The van der Waals surface area contributed by atoms with E-state index < -0.39 is 11.2 Å².